The molecular weight excluding hydrogens is 482 g/mol. The van der Waals surface area contributed by atoms with Crippen LogP contribution in [0, 0.1) is 0 Å². The van der Waals surface area contributed by atoms with E-state index in [4.69, 9.17) is 14.5 Å². The van der Waals surface area contributed by atoms with Crippen molar-refractivity contribution in [3.63, 3.8) is 0 Å². The molecule has 0 unspecified atom stereocenters. The fourth-order valence-corrected chi connectivity index (χ4v) is 6.15. The van der Waals surface area contributed by atoms with Gasteiger partial charge in [-0.3, -0.25) is 9.48 Å². The van der Waals surface area contributed by atoms with Crippen LogP contribution in [0.1, 0.15) is 52.7 Å². The highest BCUT2D eigenvalue weighted by Crippen LogP contribution is 2.33. The molecule has 36 heavy (non-hydrogen) atoms. The van der Waals surface area contributed by atoms with Gasteiger partial charge in [0.1, 0.15) is 17.1 Å². The zero-order valence-electron chi connectivity index (χ0n) is 21.6. The third-order valence-electron chi connectivity index (χ3n) is 6.26. The van der Waals surface area contributed by atoms with E-state index in [0.29, 0.717) is 61.3 Å². The van der Waals surface area contributed by atoms with Crippen molar-refractivity contribution >= 4 is 21.1 Å². The van der Waals surface area contributed by atoms with Crippen LogP contribution in [0.15, 0.2) is 27.9 Å². The van der Waals surface area contributed by atoms with Gasteiger partial charge in [0.05, 0.1) is 35.0 Å². The third kappa shape index (κ3) is 5.18. The molecule has 1 aliphatic heterocycles. The Morgan fingerprint density at radius 2 is 1.92 bits per heavy atom. The van der Waals surface area contributed by atoms with Crippen molar-refractivity contribution in [2.24, 2.45) is 7.05 Å². The lowest BCUT2D eigenvalue weighted by atomic mass is 10.1. The topological polar surface area (TPSA) is 119 Å². The Kier molecular flexibility index (Phi) is 7.82. The molecule has 1 saturated heterocycles. The molecule has 10 nitrogen and oxygen atoms in total. The molecule has 0 bridgehead atoms. The first-order chi connectivity index (χ1) is 17.1. The van der Waals surface area contributed by atoms with E-state index in [0.717, 1.165) is 12.1 Å². The maximum Gasteiger partial charge on any atom is 0.277 e. The van der Waals surface area contributed by atoms with E-state index in [9.17, 15) is 13.2 Å². The molecule has 0 amide bonds. The number of ether oxygens (including phenoxy) is 2. The van der Waals surface area contributed by atoms with Crippen molar-refractivity contribution in [3.8, 4) is 17.1 Å². The minimum absolute atomic E-state index is 0.0603. The predicted octanol–water partition coefficient (Wildman–Crippen LogP) is 3.25. The van der Waals surface area contributed by atoms with E-state index in [-0.39, 0.29) is 28.5 Å². The van der Waals surface area contributed by atoms with E-state index in [2.05, 4.69) is 10.1 Å². The second-order valence-corrected chi connectivity index (χ2v) is 11.2. The summed E-state index contributed by atoms with van der Waals surface area (Å²) in [6.07, 6.45) is 2.99. The van der Waals surface area contributed by atoms with Gasteiger partial charge < -0.3 is 14.5 Å². The molecule has 1 fully saturated rings. The molecule has 4 rings (SSSR count). The van der Waals surface area contributed by atoms with Crippen molar-refractivity contribution in [1.82, 2.24) is 24.1 Å². The van der Waals surface area contributed by atoms with Crippen molar-refractivity contribution in [3.05, 3.63) is 34.2 Å². The van der Waals surface area contributed by atoms with Crippen molar-refractivity contribution in [2.75, 3.05) is 19.7 Å². The number of benzene rings is 1. The van der Waals surface area contributed by atoms with Crippen molar-refractivity contribution in [2.45, 2.75) is 70.5 Å². The minimum atomic E-state index is -3.76. The monoisotopic (exact) mass is 517 g/mol. The highest BCUT2D eigenvalue weighted by molar-refractivity contribution is 7.89. The molecule has 1 N–H and O–H groups in total. The number of nitrogens with zero attached hydrogens (tertiary/aromatic N) is 4. The number of hydrogen-bond donors (Lipinski definition) is 1. The molecule has 0 aliphatic carbocycles. The van der Waals surface area contributed by atoms with Crippen LogP contribution in [-0.2, 0) is 28.2 Å². The van der Waals surface area contributed by atoms with Crippen LogP contribution in [0.4, 0.5) is 0 Å². The molecule has 0 atom stereocenters. The predicted molar refractivity (Wildman–Crippen MR) is 138 cm³/mol. The van der Waals surface area contributed by atoms with Gasteiger partial charge in [0.25, 0.3) is 5.56 Å². The molecule has 0 spiro atoms. The number of piperidine rings is 1. The molecule has 0 radical (unpaired) electrons. The quantitative estimate of drug-likeness (QED) is 0.463. The standard InChI is InChI=1S/C25H35N5O5S/c1-6-8-20-22-23(29(5)28-20)25(31)27-24(26-22)19-15-18(9-10-21(19)34-7-2)36(32,33)30-13-11-17(12-14-30)35-16(3)4/h9-10,15-17H,6-8,11-14H2,1-5H3,(H,26,27,31). The molecule has 11 heteroatoms. The van der Waals surface area contributed by atoms with Crippen LogP contribution in [0.5, 0.6) is 5.75 Å². The molecule has 3 aromatic rings. The van der Waals surface area contributed by atoms with Gasteiger partial charge in [0, 0.05) is 20.1 Å². The summed E-state index contributed by atoms with van der Waals surface area (Å²) in [5.74, 6) is 0.700. The minimum Gasteiger partial charge on any atom is -0.493 e. The third-order valence-corrected chi connectivity index (χ3v) is 8.15. The van der Waals surface area contributed by atoms with Gasteiger partial charge in [0.2, 0.25) is 10.0 Å². The van der Waals surface area contributed by atoms with E-state index < -0.39 is 10.0 Å². The molecule has 3 heterocycles. The number of rotatable bonds is 9. The smallest absolute Gasteiger partial charge is 0.277 e. The van der Waals surface area contributed by atoms with Crippen LogP contribution in [0.25, 0.3) is 22.4 Å². The Labute approximate surface area is 211 Å². The summed E-state index contributed by atoms with van der Waals surface area (Å²) in [7, 11) is -2.04. The highest BCUT2D eigenvalue weighted by atomic mass is 32.2. The lowest BCUT2D eigenvalue weighted by molar-refractivity contribution is -0.0168. The van der Waals surface area contributed by atoms with E-state index >= 15 is 0 Å². The normalized spacial score (nSPS) is 15.7. The summed E-state index contributed by atoms with van der Waals surface area (Å²) in [4.78, 5) is 20.6. The number of hydrogen-bond acceptors (Lipinski definition) is 7. The van der Waals surface area contributed by atoms with E-state index in [1.54, 1.807) is 19.2 Å². The van der Waals surface area contributed by atoms with Crippen LogP contribution in [-0.4, -0.2) is 64.4 Å². The number of H-pyrrole nitrogens is 1. The summed E-state index contributed by atoms with van der Waals surface area (Å²) in [5.41, 5.74) is 1.71. The van der Waals surface area contributed by atoms with Gasteiger partial charge in [-0.25, -0.2) is 13.4 Å². The number of nitrogens with one attached hydrogen (secondary N) is 1. The van der Waals surface area contributed by atoms with Crippen LogP contribution < -0.4 is 10.3 Å². The summed E-state index contributed by atoms with van der Waals surface area (Å²) < 4.78 is 41.7. The van der Waals surface area contributed by atoms with Gasteiger partial charge in [-0.05, 0) is 58.2 Å². The zero-order chi connectivity index (χ0) is 26.0. The first-order valence-corrected chi connectivity index (χ1v) is 14.0. The molecule has 1 aromatic carbocycles. The molecule has 2 aromatic heterocycles. The van der Waals surface area contributed by atoms with E-state index in [1.165, 1.54) is 15.1 Å². The summed E-state index contributed by atoms with van der Waals surface area (Å²) in [6.45, 7) is 9.00. The van der Waals surface area contributed by atoms with Gasteiger partial charge in [-0.1, -0.05) is 13.3 Å². The van der Waals surface area contributed by atoms with Crippen molar-refractivity contribution in [1.29, 1.82) is 0 Å². The van der Waals surface area contributed by atoms with E-state index in [1.807, 2.05) is 27.7 Å². The number of aromatic amines is 1. The SMILES string of the molecule is CCCc1nn(C)c2c(=O)[nH]c(-c3cc(S(=O)(=O)N4CCC(OC(C)C)CC4)ccc3OCC)nc12. The number of fused-ring (bicyclic) bond motifs is 1. The van der Waals surface area contributed by atoms with Crippen LogP contribution in [0.3, 0.4) is 0 Å². The fourth-order valence-electron chi connectivity index (χ4n) is 4.66. The molecule has 0 saturated carbocycles. The Bertz CT molecular complexity index is 1390. The lowest BCUT2D eigenvalue weighted by Crippen LogP contribution is -2.41. The Hall–Kier alpha value is -2.76. The highest BCUT2D eigenvalue weighted by Gasteiger charge is 2.31. The molecule has 1 aliphatic rings. The summed E-state index contributed by atoms with van der Waals surface area (Å²) in [5, 5.41) is 4.47. The first kappa shape index (κ1) is 26.3. The second-order valence-electron chi connectivity index (χ2n) is 9.31. The second kappa shape index (κ2) is 10.7. The Morgan fingerprint density at radius 3 is 2.56 bits per heavy atom. The number of sulfonamides is 1. The Morgan fingerprint density at radius 1 is 1.19 bits per heavy atom. The summed E-state index contributed by atoms with van der Waals surface area (Å²) in [6, 6.07) is 4.71. The lowest BCUT2D eigenvalue weighted by Gasteiger charge is -2.32. The maximum atomic E-state index is 13.5. The largest absolute Gasteiger partial charge is 0.493 e. The molecule has 196 valence electrons. The van der Waals surface area contributed by atoms with Gasteiger partial charge in [-0.15, -0.1) is 0 Å². The fraction of sp³-hybridized carbons (Fsp3) is 0.560. The first-order valence-electron chi connectivity index (χ1n) is 12.5. The maximum absolute atomic E-state index is 13.5. The van der Waals surface area contributed by atoms with Crippen LogP contribution in [0.2, 0.25) is 0 Å². The average Bonchev–Trinajstić information content (AvgIpc) is 3.15. The molecular formula is C25H35N5O5S. The zero-order valence-corrected chi connectivity index (χ0v) is 22.4. The average molecular weight is 518 g/mol. The van der Waals surface area contributed by atoms with Gasteiger partial charge in [-0.2, -0.15) is 9.40 Å². The Balaban J connectivity index is 1.75. The van der Waals surface area contributed by atoms with Gasteiger partial charge in [0.15, 0.2) is 5.52 Å². The number of aryl methyl sites for hydroxylation is 2. The van der Waals surface area contributed by atoms with Crippen molar-refractivity contribution < 1.29 is 17.9 Å². The number of aromatic nitrogens is 4. The van der Waals surface area contributed by atoms with Crippen LogP contribution >= 0.6 is 0 Å². The van der Waals surface area contributed by atoms with Gasteiger partial charge >= 0.3 is 0 Å². The summed E-state index contributed by atoms with van der Waals surface area (Å²) >= 11 is 0.